The van der Waals surface area contributed by atoms with Gasteiger partial charge in [0.15, 0.2) is 6.10 Å². The molecule has 2 aromatic rings. The first-order valence-electron chi connectivity index (χ1n) is 10.1. The maximum atomic E-state index is 12.8. The lowest BCUT2D eigenvalue weighted by molar-refractivity contribution is -0.141. The molecular formula is C22H24Cl2N2O5S. The zero-order valence-corrected chi connectivity index (χ0v) is 20.0. The van der Waals surface area contributed by atoms with Crippen molar-refractivity contribution in [2.45, 2.75) is 37.7 Å². The third-order valence-electron chi connectivity index (χ3n) is 5.19. The van der Waals surface area contributed by atoms with Crippen LogP contribution in [0.2, 0.25) is 10.0 Å². The van der Waals surface area contributed by atoms with Gasteiger partial charge in [-0.05, 0) is 56.0 Å². The lowest BCUT2D eigenvalue weighted by Crippen LogP contribution is -2.44. The summed E-state index contributed by atoms with van der Waals surface area (Å²) in [6.07, 6.45) is 0.976. The van der Waals surface area contributed by atoms with Gasteiger partial charge in [0.2, 0.25) is 0 Å². The predicted octanol–water partition coefficient (Wildman–Crippen LogP) is 4.60. The first kappa shape index (κ1) is 24.4. The van der Waals surface area contributed by atoms with Gasteiger partial charge in [-0.25, -0.2) is 13.2 Å². The second kappa shape index (κ2) is 10.1. The summed E-state index contributed by atoms with van der Waals surface area (Å²) in [5.74, 6) is -0.672. The van der Waals surface area contributed by atoms with E-state index in [0.29, 0.717) is 19.0 Å². The first-order valence-corrected chi connectivity index (χ1v) is 12.4. The average Bonchev–Trinajstić information content (AvgIpc) is 2.75. The number of anilines is 1. The Balaban J connectivity index is 1.76. The summed E-state index contributed by atoms with van der Waals surface area (Å²) in [6.45, 7) is 4.85. The summed E-state index contributed by atoms with van der Waals surface area (Å²) in [7, 11) is -4.05. The van der Waals surface area contributed by atoms with Gasteiger partial charge >= 0.3 is 5.97 Å². The second-order valence-corrected chi connectivity index (χ2v) is 10.3. The van der Waals surface area contributed by atoms with Gasteiger partial charge in [-0.2, -0.15) is 0 Å². The number of sulfonamides is 1. The molecule has 1 aliphatic rings. The smallest absolute Gasteiger partial charge is 0.341 e. The van der Waals surface area contributed by atoms with Crippen LogP contribution in [0.3, 0.4) is 0 Å². The molecule has 2 unspecified atom stereocenters. The lowest BCUT2D eigenvalue weighted by Gasteiger charge is -2.32. The van der Waals surface area contributed by atoms with Crippen LogP contribution in [0.15, 0.2) is 47.4 Å². The van der Waals surface area contributed by atoms with Crippen LogP contribution in [-0.2, 0) is 19.6 Å². The molecule has 32 heavy (non-hydrogen) atoms. The number of ether oxygens (including phenoxy) is 1. The SMILES string of the molecule is CC1CCCN(C(=O)C(C)OC(=O)c2ccccc2NS(=O)(=O)c2ccc(Cl)c(Cl)c2)C1. The number of nitrogens with one attached hydrogen (secondary N) is 1. The number of carbonyl (C=O) groups is 2. The number of hydrogen-bond acceptors (Lipinski definition) is 5. The number of rotatable bonds is 6. The van der Waals surface area contributed by atoms with Gasteiger partial charge in [-0.3, -0.25) is 9.52 Å². The highest BCUT2D eigenvalue weighted by Crippen LogP contribution is 2.27. The molecule has 172 valence electrons. The summed E-state index contributed by atoms with van der Waals surface area (Å²) in [5.41, 5.74) is 0.0117. The van der Waals surface area contributed by atoms with E-state index in [0.717, 1.165) is 12.8 Å². The molecule has 1 amide bonds. The molecule has 1 aliphatic heterocycles. The number of nitrogens with zero attached hydrogens (tertiary/aromatic N) is 1. The van der Waals surface area contributed by atoms with Crippen molar-refractivity contribution in [2.24, 2.45) is 5.92 Å². The highest BCUT2D eigenvalue weighted by atomic mass is 35.5. The van der Waals surface area contributed by atoms with Crippen LogP contribution in [0.4, 0.5) is 5.69 Å². The zero-order chi connectivity index (χ0) is 23.5. The highest BCUT2D eigenvalue weighted by Gasteiger charge is 2.28. The second-order valence-electron chi connectivity index (χ2n) is 7.81. The number of likely N-dealkylation sites (tertiary alicyclic amines) is 1. The summed E-state index contributed by atoms with van der Waals surface area (Å²) in [5, 5.41) is 0.304. The molecule has 0 aliphatic carbocycles. The number of carbonyl (C=O) groups excluding carboxylic acids is 2. The Bertz CT molecular complexity index is 1120. The summed E-state index contributed by atoms with van der Waals surface area (Å²) in [4.78, 5) is 27.1. The number of esters is 1. The highest BCUT2D eigenvalue weighted by molar-refractivity contribution is 7.92. The first-order chi connectivity index (χ1) is 15.1. The quantitative estimate of drug-likeness (QED) is 0.587. The minimum atomic E-state index is -4.05. The molecule has 10 heteroatoms. The van der Waals surface area contributed by atoms with Crippen molar-refractivity contribution in [3.8, 4) is 0 Å². The molecule has 1 heterocycles. The molecule has 1 saturated heterocycles. The zero-order valence-electron chi connectivity index (χ0n) is 17.7. The number of halogens is 2. The minimum absolute atomic E-state index is 0.0113. The standard InChI is InChI=1S/C22H24Cl2N2O5S/c1-14-6-5-11-26(13-14)21(27)15(2)31-22(28)17-7-3-4-8-20(17)25-32(29,30)16-9-10-18(23)19(24)12-16/h3-4,7-10,12,14-15,25H,5-6,11,13H2,1-2H3. The lowest BCUT2D eigenvalue weighted by atomic mass is 10.00. The summed E-state index contributed by atoms with van der Waals surface area (Å²) >= 11 is 11.8. The van der Waals surface area contributed by atoms with E-state index >= 15 is 0 Å². The van der Waals surface area contributed by atoms with Crippen LogP contribution in [0.25, 0.3) is 0 Å². The molecule has 3 rings (SSSR count). The molecule has 2 atom stereocenters. The number of para-hydroxylation sites is 1. The van der Waals surface area contributed by atoms with E-state index in [4.69, 9.17) is 27.9 Å². The molecule has 1 fully saturated rings. The van der Waals surface area contributed by atoms with Crippen molar-refractivity contribution in [3.05, 3.63) is 58.1 Å². The van der Waals surface area contributed by atoms with Crippen molar-refractivity contribution in [1.82, 2.24) is 4.90 Å². The average molecular weight is 499 g/mol. The topological polar surface area (TPSA) is 92.8 Å². The molecule has 1 N–H and O–H groups in total. The van der Waals surface area contributed by atoms with Crippen molar-refractivity contribution < 1.29 is 22.7 Å². The summed E-state index contributed by atoms with van der Waals surface area (Å²) in [6, 6.07) is 9.90. The minimum Gasteiger partial charge on any atom is -0.449 e. The number of hydrogen-bond donors (Lipinski definition) is 1. The van der Waals surface area contributed by atoms with Gasteiger partial charge in [0, 0.05) is 13.1 Å². The van der Waals surface area contributed by atoms with E-state index in [-0.39, 0.29) is 32.1 Å². The van der Waals surface area contributed by atoms with Crippen molar-refractivity contribution in [3.63, 3.8) is 0 Å². The Morgan fingerprint density at radius 3 is 2.56 bits per heavy atom. The Labute approximate surface area is 197 Å². The van der Waals surface area contributed by atoms with Crippen molar-refractivity contribution >= 4 is 50.8 Å². The normalized spacial score (nSPS) is 17.5. The number of amides is 1. The molecule has 0 aromatic heterocycles. The van der Waals surface area contributed by atoms with Crippen LogP contribution in [-0.4, -0.2) is 44.4 Å². The fraction of sp³-hybridized carbons (Fsp3) is 0.364. The molecule has 0 spiro atoms. The maximum absolute atomic E-state index is 12.8. The van der Waals surface area contributed by atoms with E-state index in [1.54, 1.807) is 17.0 Å². The third-order valence-corrected chi connectivity index (χ3v) is 7.30. The molecule has 7 nitrogen and oxygen atoms in total. The largest absolute Gasteiger partial charge is 0.449 e. The van der Waals surface area contributed by atoms with E-state index in [9.17, 15) is 18.0 Å². The van der Waals surface area contributed by atoms with E-state index in [1.165, 1.54) is 37.3 Å². The fourth-order valence-electron chi connectivity index (χ4n) is 3.52. The van der Waals surface area contributed by atoms with Gasteiger partial charge in [0.05, 0.1) is 26.2 Å². The van der Waals surface area contributed by atoms with Gasteiger partial charge in [-0.1, -0.05) is 42.3 Å². The number of benzene rings is 2. The van der Waals surface area contributed by atoms with E-state index in [2.05, 4.69) is 11.6 Å². The van der Waals surface area contributed by atoms with Crippen LogP contribution in [0.1, 0.15) is 37.0 Å². The van der Waals surface area contributed by atoms with Crippen LogP contribution in [0.5, 0.6) is 0 Å². The van der Waals surface area contributed by atoms with E-state index < -0.39 is 22.1 Å². The molecular weight excluding hydrogens is 475 g/mol. The molecule has 0 bridgehead atoms. The Kier molecular flexibility index (Phi) is 7.69. The van der Waals surface area contributed by atoms with Gasteiger partial charge in [0.1, 0.15) is 0 Å². The monoisotopic (exact) mass is 498 g/mol. The van der Waals surface area contributed by atoms with Gasteiger partial charge in [-0.15, -0.1) is 0 Å². The van der Waals surface area contributed by atoms with Gasteiger partial charge in [0.25, 0.3) is 15.9 Å². The van der Waals surface area contributed by atoms with Crippen molar-refractivity contribution in [1.29, 1.82) is 0 Å². The Hall–Kier alpha value is -2.29. The van der Waals surface area contributed by atoms with Crippen LogP contribution in [0, 0.1) is 5.92 Å². The molecule has 2 aromatic carbocycles. The third kappa shape index (κ3) is 5.74. The number of piperidine rings is 1. The Morgan fingerprint density at radius 2 is 1.88 bits per heavy atom. The van der Waals surface area contributed by atoms with Crippen molar-refractivity contribution in [2.75, 3.05) is 17.8 Å². The summed E-state index contributed by atoms with van der Waals surface area (Å²) < 4.78 is 33.3. The van der Waals surface area contributed by atoms with Crippen LogP contribution < -0.4 is 4.72 Å². The van der Waals surface area contributed by atoms with E-state index in [1.807, 2.05) is 0 Å². The van der Waals surface area contributed by atoms with Crippen LogP contribution >= 0.6 is 23.2 Å². The molecule has 0 radical (unpaired) electrons. The van der Waals surface area contributed by atoms with Gasteiger partial charge < -0.3 is 9.64 Å². The maximum Gasteiger partial charge on any atom is 0.341 e. The predicted molar refractivity (Wildman–Crippen MR) is 124 cm³/mol. The Morgan fingerprint density at radius 1 is 1.16 bits per heavy atom. The molecule has 0 saturated carbocycles. The fourth-order valence-corrected chi connectivity index (χ4v) is 4.99.